The highest BCUT2D eigenvalue weighted by molar-refractivity contribution is 6.33. The Labute approximate surface area is 247 Å². The number of likely N-dealkylation sites (tertiary alicyclic amines) is 1. The summed E-state index contributed by atoms with van der Waals surface area (Å²) >= 11 is 6.63. The van der Waals surface area contributed by atoms with Crippen molar-refractivity contribution in [3.63, 3.8) is 0 Å². The van der Waals surface area contributed by atoms with Gasteiger partial charge in [0.1, 0.15) is 11.5 Å². The SMILES string of the molecule is CCN1CCC(c2ccc(Nc3ncc4cc(-c5ccc(-c6noc(C)n6)cc5Cl)c(=O)n(CC)c4n3)cc2F)CC1. The van der Waals surface area contributed by atoms with E-state index in [1.54, 1.807) is 42.0 Å². The van der Waals surface area contributed by atoms with E-state index in [9.17, 15) is 4.79 Å². The summed E-state index contributed by atoms with van der Waals surface area (Å²) in [6, 6.07) is 12.2. The number of anilines is 2. The zero-order chi connectivity index (χ0) is 29.4. The third-order valence-electron chi connectivity index (χ3n) is 7.92. The highest BCUT2D eigenvalue weighted by atomic mass is 35.5. The Morgan fingerprint density at radius 1 is 1.05 bits per heavy atom. The maximum atomic E-state index is 15.1. The van der Waals surface area contributed by atoms with Crippen LogP contribution in [0.2, 0.25) is 5.02 Å². The van der Waals surface area contributed by atoms with Crippen molar-refractivity contribution in [1.29, 1.82) is 0 Å². The van der Waals surface area contributed by atoms with Gasteiger partial charge < -0.3 is 14.7 Å². The molecule has 5 aromatic rings. The van der Waals surface area contributed by atoms with Crippen LogP contribution >= 0.6 is 11.6 Å². The summed E-state index contributed by atoms with van der Waals surface area (Å²) in [6.07, 6.45) is 3.56. The minimum atomic E-state index is -0.233. The van der Waals surface area contributed by atoms with Crippen molar-refractivity contribution in [2.45, 2.75) is 46.1 Å². The Kier molecular flexibility index (Phi) is 7.74. The number of benzene rings is 2. The molecule has 0 amide bonds. The van der Waals surface area contributed by atoms with Crippen molar-refractivity contribution in [2.75, 3.05) is 25.0 Å². The molecule has 42 heavy (non-hydrogen) atoms. The predicted octanol–water partition coefficient (Wildman–Crippen LogP) is 6.57. The number of fused-ring (bicyclic) bond motifs is 1. The predicted molar refractivity (Wildman–Crippen MR) is 162 cm³/mol. The number of hydrogen-bond acceptors (Lipinski definition) is 8. The molecule has 4 heterocycles. The molecule has 0 saturated carbocycles. The topological polar surface area (TPSA) is 102 Å². The molecule has 0 bridgehead atoms. The van der Waals surface area contributed by atoms with Crippen LogP contribution in [-0.4, -0.2) is 49.2 Å². The maximum Gasteiger partial charge on any atom is 0.260 e. The van der Waals surface area contributed by atoms with Gasteiger partial charge in [0.25, 0.3) is 5.56 Å². The monoisotopic (exact) mass is 587 g/mol. The molecule has 3 aromatic heterocycles. The standard InChI is InChI=1S/C31H31ClFN7O2/c1-4-39-12-10-19(11-13-39)23-9-7-22(16-27(23)33)36-31-34-17-21-14-25(30(41)40(5-2)29(21)37-31)24-8-6-20(15-26(24)32)28-35-18(3)42-38-28/h6-9,14-17,19H,4-5,10-13H2,1-3H3,(H,34,36,37). The van der Waals surface area contributed by atoms with Crippen LogP contribution in [0.5, 0.6) is 0 Å². The Morgan fingerprint density at radius 3 is 2.52 bits per heavy atom. The number of nitrogens with one attached hydrogen (secondary N) is 1. The Morgan fingerprint density at radius 2 is 1.86 bits per heavy atom. The molecular formula is C31H31ClFN7O2. The molecule has 216 valence electrons. The molecule has 1 fully saturated rings. The van der Waals surface area contributed by atoms with Gasteiger partial charge in [-0.15, -0.1) is 0 Å². The molecule has 1 aliphatic heterocycles. The van der Waals surface area contributed by atoms with E-state index in [-0.39, 0.29) is 23.2 Å². The van der Waals surface area contributed by atoms with Gasteiger partial charge >= 0.3 is 0 Å². The number of aromatic nitrogens is 5. The van der Waals surface area contributed by atoms with Crippen LogP contribution in [0.3, 0.4) is 0 Å². The summed E-state index contributed by atoms with van der Waals surface area (Å²) in [4.78, 5) is 29.3. The fraction of sp³-hybridized carbons (Fsp3) is 0.323. The number of nitrogens with zero attached hydrogens (tertiary/aromatic N) is 6. The molecule has 0 aliphatic carbocycles. The third-order valence-corrected chi connectivity index (χ3v) is 8.23. The highest BCUT2D eigenvalue weighted by Gasteiger charge is 2.22. The van der Waals surface area contributed by atoms with Gasteiger partial charge in [0.05, 0.1) is 0 Å². The summed E-state index contributed by atoms with van der Waals surface area (Å²) in [6.45, 7) is 9.14. The largest absolute Gasteiger partial charge is 0.339 e. The summed E-state index contributed by atoms with van der Waals surface area (Å²) in [5.74, 6) is 1.14. The Bertz CT molecular complexity index is 1830. The smallest absolute Gasteiger partial charge is 0.260 e. The zero-order valence-corrected chi connectivity index (χ0v) is 24.5. The minimum absolute atomic E-state index is 0.222. The van der Waals surface area contributed by atoms with Crippen LogP contribution in [0.25, 0.3) is 33.5 Å². The van der Waals surface area contributed by atoms with Crippen LogP contribution in [0.15, 0.2) is 58.0 Å². The Balaban J connectivity index is 1.28. The van der Waals surface area contributed by atoms with E-state index in [2.05, 4.69) is 37.2 Å². The molecule has 0 spiro atoms. The van der Waals surface area contributed by atoms with E-state index in [4.69, 9.17) is 16.1 Å². The molecule has 1 saturated heterocycles. The van der Waals surface area contributed by atoms with Crippen LogP contribution in [0, 0.1) is 12.7 Å². The molecule has 11 heteroatoms. The highest BCUT2D eigenvalue weighted by Crippen LogP contribution is 2.33. The van der Waals surface area contributed by atoms with Gasteiger partial charge in [-0.25, -0.2) is 9.37 Å². The van der Waals surface area contributed by atoms with E-state index in [1.807, 2.05) is 19.1 Å². The number of pyridine rings is 1. The molecule has 6 rings (SSSR count). The molecular weight excluding hydrogens is 557 g/mol. The number of hydrogen-bond donors (Lipinski definition) is 1. The van der Waals surface area contributed by atoms with Gasteiger partial charge in [0.15, 0.2) is 0 Å². The van der Waals surface area contributed by atoms with Gasteiger partial charge in [-0.2, -0.15) is 9.97 Å². The van der Waals surface area contributed by atoms with Gasteiger partial charge in [-0.3, -0.25) is 9.36 Å². The average molecular weight is 588 g/mol. The van der Waals surface area contributed by atoms with Crippen LogP contribution in [-0.2, 0) is 6.54 Å². The van der Waals surface area contributed by atoms with Crippen molar-refractivity contribution < 1.29 is 8.91 Å². The van der Waals surface area contributed by atoms with E-state index in [0.29, 0.717) is 56.7 Å². The second kappa shape index (κ2) is 11.6. The van der Waals surface area contributed by atoms with E-state index < -0.39 is 0 Å². The van der Waals surface area contributed by atoms with Gasteiger partial charge in [-0.05, 0) is 75.1 Å². The fourth-order valence-corrected chi connectivity index (χ4v) is 5.90. The molecule has 1 aliphatic rings. The lowest BCUT2D eigenvalue weighted by Gasteiger charge is -2.31. The molecule has 2 aromatic carbocycles. The molecule has 0 atom stereocenters. The Hall–Kier alpha value is -4.15. The average Bonchev–Trinajstić information content (AvgIpc) is 3.43. The number of rotatable bonds is 7. The van der Waals surface area contributed by atoms with Gasteiger partial charge in [0, 0.05) is 52.5 Å². The lowest BCUT2D eigenvalue weighted by Crippen LogP contribution is -2.32. The maximum absolute atomic E-state index is 15.1. The summed E-state index contributed by atoms with van der Waals surface area (Å²) in [5.41, 5.74) is 3.23. The van der Waals surface area contributed by atoms with Crippen LogP contribution in [0.1, 0.15) is 44.1 Å². The van der Waals surface area contributed by atoms with Crippen molar-refractivity contribution in [2.24, 2.45) is 0 Å². The number of aryl methyl sites for hydroxylation is 2. The van der Waals surface area contributed by atoms with Crippen molar-refractivity contribution in [1.82, 2.24) is 29.6 Å². The fourth-order valence-electron chi connectivity index (χ4n) is 5.62. The van der Waals surface area contributed by atoms with E-state index in [0.717, 1.165) is 38.0 Å². The molecule has 9 nitrogen and oxygen atoms in total. The number of piperidine rings is 1. The van der Waals surface area contributed by atoms with Gasteiger partial charge in [0.2, 0.25) is 17.7 Å². The zero-order valence-electron chi connectivity index (χ0n) is 23.7. The minimum Gasteiger partial charge on any atom is -0.339 e. The second-order valence-electron chi connectivity index (χ2n) is 10.5. The first kappa shape index (κ1) is 28.0. The van der Waals surface area contributed by atoms with Gasteiger partial charge in [-0.1, -0.05) is 41.9 Å². The molecule has 1 N–H and O–H groups in total. The third kappa shape index (κ3) is 5.39. The lowest BCUT2D eigenvalue weighted by molar-refractivity contribution is 0.220. The van der Waals surface area contributed by atoms with Crippen LogP contribution < -0.4 is 10.9 Å². The second-order valence-corrected chi connectivity index (χ2v) is 10.9. The molecule has 0 unspecified atom stereocenters. The van der Waals surface area contributed by atoms with Crippen molar-refractivity contribution in [3.05, 3.63) is 81.3 Å². The van der Waals surface area contributed by atoms with Crippen molar-refractivity contribution in [3.8, 4) is 22.5 Å². The first-order chi connectivity index (χ1) is 20.3. The summed E-state index contributed by atoms with van der Waals surface area (Å²) in [5, 5.41) is 8.10. The normalized spacial score (nSPS) is 14.5. The first-order valence-electron chi connectivity index (χ1n) is 14.1. The first-order valence-corrected chi connectivity index (χ1v) is 14.5. The quantitative estimate of drug-likeness (QED) is 0.228. The van der Waals surface area contributed by atoms with E-state index >= 15 is 4.39 Å². The molecule has 0 radical (unpaired) electrons. The summed E-state index contributed by atoms with van der Waals surface area (Å²) < 4.78 is 21.8. The summed E-state index contributed by atoms with van der Waals surface area (Å²) in [7, 11) is 0. The van der Waals surface area contributed by atoms with E-state index in [1.165, 1.54) is 6.07 Å². The van der Waals surface area contributed by atoms with Crippen LogP contribution in [0.4, 0.5) is 16.0 Å². The number of halogens is 2. The lowest BCUT2D eigenvalue weighted by atomic mass is 9.89. The van der Waals surface area contributed by atoms with Crippen molar-refractivity contribution >= 4 is 34.3 Å².